The van der Waals surface area contributed by atoms with E-state index in [1.54, 1.807) is 4.90 Å². The van der Waals surface area contributed by atoms with Crippen molar-refractivity contribution in [2.75, 3.05) is 5.32 Å². The second-order valence-electron chi connectivity index (χ2n) is 7.11. The summed E-state index contributed by atoms with van der Waals surface area (Å²) in [5, 5.41) is 4.06. The van der Waals surface area contributed by atoms with E-state index in [9.17, 15) is 9.59 Å². The van der Waals surface area contributed by atoms with Crippen LogP contribution < -0.4 is 11.1 Å². The number of hydrogen-bond donors (Lipinski definition) is 2. The van der Waals surface area contributed by atoms with Gasteiger partial charge in [0, 0.05) is 18.7 Å². The van der Waals surface area contributed by atoms with Gasteiger partial charge in [-0.15, -0.1) is 11.3 Å². The highest BCUT2D eigenvalue weighted by atomic mass is 32.1. The van der Waals surface area contributed by atoms with Crippen molar-refractivity contribution in [2.24, 2.45) is 5.73 Å². The average Bonchev–Trinajstić information content (AvgIpc) is 3.31. The van der Waals surface area contributed by atoms with Crippen LogP contribution in [0, 0.1) is 0 Å². The topological polar surface area (TPSA) is 88.3 Å². The van der Waals surface area contributed by atoms with E-state index in [0.717, 1.165) is 31.5 Å². The summed E-state index contributed by atoms with van der Waals surface area (Å²) in [5.41, 5.74) is 8.71. The lowest BCUT2D eigenvalue weighted by molar-refractivity contribution is -0.122. The second kappa shape index (κ2) is 7.55. The lowest BCUT2D eigenvalue weighted by Gasteiger charge is -2.34. The van der Waals surface area contributed by atoms with Gasteiger partial charge in [-0.25, -0.2) is 4.98 Å². The normalized spacial score (nSPS) is 15.7. The Balaban J connectivity index is 1.41. The van der Waals surface area contributed by atoms with Crippen LogP contribution in [0.25, 0.3) is 9.53 Å². The zero-order valence-electron chi connectivity index (χ0n) is 15.9. The number of benzene rings is 2. The molecule has 1 aliphatic heterocycles. The van der Waals surface area contributed by atoms with Gasteiger partial charge in [0.15, 0.2) is 5.13 Å². The number of amides is 2. The molecule has 1 aliphatic rings. The molecule has 0 saturated heterocycles. The van der Waals surface area contributed by atoms with Crippen LogP contribution in [0.3, 0.4) is 0 Å². The van der Waals surface area contributed by atoms with E-state index in [-0.39, 0.29) is 5.91 Å². The first kappa shape index (κ1) is 18.8. The number of rotatable bonds is 4. The Morgan fingerprint density at radius 1 is 1.03 bits per heavy atom. The van der Waals surface area contributed by atoms with Crippen LogP contribution in [0.1, 0.15) is 20.8 Å². The molecule has 0 bridgehead atoms. The van der Waals surface area contributed by atoms with Gasteiger partial charge < -0.3 is 16.0 Å². The monoisotopic (exact) mass is 434 g/mol. The molecule has 3 heterocycles. The van der Waals surface area contributed by atoms with E-state index in [4.69, 9.17) is 5.73 Å². The number of para-hydroxylation sites is 1. The number of primary amides is 1. The molecular formula is C22H18N4O2S2. The van der Waals surface area contributed by atoms with Gasteiger partial charge in [0.2, 0.25) is 5.91 Å². The summed E-state index contributed by atoms with van der Waals surface area (Å²) in [7, 11) is 0. The standard InChI is InChI=1S/C22H18N4O2S2/c23-19(27)16-10-13-6-4-5-7-14(13)12-26(16)21(28)18-11-17-20(29-18)25-22(30-17)24-15-8-2-1-3-9-15/h1-9,11,16H,10,12H2,(H2,23,27)(H,24,25). The molecule has 0 saturated carbocycles. The van der Waals surface area contributed by atoms with Crippen molar-refractivity contribution in [1.82, 2.24) is 9.88 Å². The molecule has 4 aromatic rings. The van der Waals surface area contributed by atoms with E-state index in [0.29, 0.717) is 17.8 Å². The smallest absolute Gasteiger partial charge is 0.265 e. The third-order valence-electron chi connectivity index (χ3n) is 5.16. The quantitative estimate of drug-likeness (QED) is 0.505. The third-order valence-corrected chi connectivity index (χ3v) is 7.23. The predicted molar refractivity (Wildman–Crippen MR) is 120 cm³/mol. The zero-order chi connectivity index (χ0) is 20.7. The summed E-state index contributed by atoms with van der Waals surface area (Å²) in [6.07, 6.45) is 0.445. The number of nitrogens with zero attached hydrogens (tertiary/aromatic N) is 2. The molecule has 30 heavy (non-hydrogen) atoms. The lowest BCUT2D eigenvalue weighted by Crippen LogP contribution is -2.51. The summed E-state index contributed by atoms with van der Waals surface area (Å²) in [6.45, 7) is 0.377. The van der Waals surface area contributed by atoms with Gasteiger partial charge in [0.05, 0.1) is 9.58 Å². The van der Waals surface area contributed by atoms with Gasteiger partial charge in [-0.1, -0.05) is 53.8 Å². The molecule has 2 aromatic carbocycles. The van der Waals surface area contributed by atoms with Crippen LogP contribution in [-0.2, 0) is 17.8 Å². The summed E-state index contributed by atoms with van der Waals surface area (Å²) in [5.74, 6) is -0.662. The van der Waals surface area contributed by atoms with Crippen molar-refractivity contribution < 1.29 is 9.59 Å². The Morgan fingerprint density at radius 3 is 2.50 bits per heavy atom. The highest BCUT2D eigenvalue weighted by Crippen LogP contribution is 2.35. The average molecular weight is 435 g/mol. The molecule has 0 spiro atoms. The van der Waals surface area contributed by atoms with Crippen molar-refractivity contribution in [3.63, 3.8) is 0 Å². The first-order valence-electron chi connectivity index (χ1n) is 9.48. The molecule has 150 valence electrons. The molecule has 8 heteroatoms. The van der Waals surface area contributed by atoms with Gasteiger partial charge in [-0.3, -0.25) is 9.59 Å². The maximum absolute atomic E-state index is 13.3. The van der Waals surface area contributed by atoms with Crippen molar-refractivity contribution in [3.8, 4) is 0 Å². The summed E-state index contributed by atoms with van der Waals surface area (Å²) >= 11 is 2.84. The Hall–Kier alpha value is -3.23. The van der Waals surface area contributed by atoms with Gasteiger partial charge >= 0.3 is 0 Å². The lowest BCUT2D eigenvalue weighted by atomic mass is 9.93. The number of thiazole rings is 1. The van der Waals surface area contributed by atoms with Crippen molar-refractivity contribution in [1.29, 1.82) is 0 Å². The van der Waals surface area contributed by atoms with E-state index < -0.39 is 11.9 Å². The fourth-order valence-corrected chi connectivity index (χ4v) is 5.76. The number of fused-ring (bicyclic) bond motifs is 2. The largest absolute Gasteiger partial charge is 0.368 e. The van der Waals surface area contributed by atoms with Crippen molar-refractivity contribution >= 4 is 54.8 Å². The molecule has 0 fully saturated rings. The number of thiophene rings is 1. The predicted octanol–water partition coefficient (Wildman–Crippen LogP) is 4.15. The van der Waals surface area contributed by atoms with E-state index in [1.165, 1.54) is 22.7 Å². The molecule has 2 aromatic heterocycles. The van der Waals surface area contributed by atoms with Crippen LogP contribution in [0.4, 0.5) is 10.8 Å². The van der Waals surface area contributed by atoms with Crippen molar-refractivity contribution in [2.45, 2.75) is 19.0 Å². The van der Waals surface area contributed by atoms with Crippen LogP contribution in [0.2, 0.25) is 0 Å². The third kappa shape index (κ3) is 3.44. The Morgan fingerprint density at radius 2 is 1.77 bits per heavy atom. The summed E-state index contributed by atoms with van der Waals surface area (Å²) in [6, 6.07) is 18.9. The first-order valence-corrected chi connectivity index (χ1v) is 11.1. The maximum atomic E-state index is 13.3. The number of carbonyl (C=O) groups is 2. The van der Waals surface area contributed by atoms with Gasteiger partial charge in [0.1, 0.15) is 10.9 Å². The molecule has 0 aliphatic carbocycles. The molecule has 1 unspecified atom stereocenters. The molecular weight excluding hydrogens is 416 g/mol. The molecule has 1 atom stereocenters. The minimum atomic E-state index is -0.643. The number of nitrogens with two attached hydrogens (primary N) is 1. The van der Waals surface area contributed by atoms with Gasteiger partial charge in [0.25, 0.3) is 5.91 Å². The molecule has 0 radical (unpaired) electrons. The van der Waals surface area contributed by atoms with E-state index in [2.05, 4.69) is 10.3 Å². The fraction of sp³-hybridized carbons (Fsp3) is 0.136. The second-order valence-corrected chi connectivity index (χ2v) is 9.18. The summed E-state index contributed by atoms with van der Waals surface area (Å²) < 4.78 is 0.940. The summed E-state index contributed by atoms with van der Waals surface area (Å²) in [4.78, 5) is 32.9. The Labute approximate surface area is 181 Å². The van der Waals surface area contributed by atoms with Crippen LogP contribution in [-0.4, -0.2) is 27.7 Å². The highest BCUT2D eigenvalue weighted by Gasteiger charge is 2.34. The SMILES string of the molecule is NC(=O)C1Cc2ccccc2CN1C(=O)c1cc2sc(Nc3ccccc3)nc2s1. The number of aromatic nitrogens is 1. The zero-order valence-corrected chi connectivity index (χ0v) is 17.5. The van der Waals surface area contributed by atoms with Crippen LogP contribution >= 0.6 is 22.7 Å². The first-order chi connectivity index (χ1) is 14.6. The van der Waals surface area contributed by atoms with Crippen LogP contribution in [0.5, 0.6) is 0 Å². The molecule has 6 nitrogen and oxygen atoms in total. The number of hydrogen-bond acceptors (Lipinski definition) is 6. The number of anilines is 2. The minimum Gasteiger partial charge on any atom is -0.368 e. The maximum Gasteiger partial charge on any atom is 0.265 e. The fourth-order valence-electron chi connectivity index (χ4n) is 3.67. The van der Waals surface area contributed by atoms with Gasteiger partial charge in [-0.05, 0) is 29.3 Å². The highest BCUT2D eigenvalue weighted by molar-refractivity contribution is 7.29. The molecule has 3 N–H and O–H groups in total. The van der Waals surface area contributed by atoms with Crippen LogP contribution in [0.15, 0.2) is 60.7 Å². The van der Waals surface area contributed by atoms with E-state index in [1.807, 2.05) is 60.7 Å². The molecule has 5 rings (SSSR count). The number of carbonyl (C=O) groups excluding carboxylic acids is 2. The van der Waals surface area contributed by atoms with Crippen molar-refractivity contribution in [3.05, 3.63) is 76.7 Å². The Kier molecular flexibility index (Phi) is 4.72. The van der Waals surface area contributed by atoms with E-state index >= 15 is 0 Å². The number of nitrogens with one attached hydrogen (secondary N) is 1. The Bertz CT molecular complexity index is 1220. The minimum absolute atomic E-state index is 0.180. The van der Waals surface area contributed by atoms with Gasteiger partial charge in [-0.2, -0.15) is 0 Å². The molecule has 2 amide bonds.